The Morgan fingerprint density at radius 1 is 1.10 bits per heavy atom. The summed E-state index contributed by atoms with van der Waals surface area (Å²) < 4.78 is 0. The Labute approximate surface area is 124 Å². The summed E-state index contributed by atoms with van der Waals surface area (Å²) in [7, 11) is 0. The molecule has 0 saturated carbocycles. The molecule has 1 aliphatic rings. The molecule has 4 heteroatoms. The summed E-state index contributed by atoms with van der Waals surface area (Å²) in [4.78, 5) is 16.2. The number of nitrogens with zero attached hydrogens (tertiary/aromatic N) is 2. The first-order valence-corrected chi connectivity index (χ1v) is 7.11. The van der Waals surface area contributed by atoms with Crippen LogP contribution in [0.5, 0.6) is 0 Å². The van der Waals surface area contributed by atoms with Gasteiger partial charge in [0, 0.05) is 31.0 Å². The zero-order valence-electron chi connectivity index (χ0n) is 12.1. The van der Waals surface area contributed by atoms with Crippen molar-refractivity contribution in [1.29, 1.82) is 0 Å². The third-order valence-electron chi connectivity index (χ3n) is 3.76. The van der Waals surface area contributed by atoms with Crippen LogP contribution in [0, 0.1) is 6.92 Å². The van der Waals surface area contributed by atoms with Crippen LogP contribution in [-0.2, 0) is 6.54 Å². The molecule has 4 nitrogen and oxygen atoms in total. The van der Waals surface area contributed by atoms with Crippen molar-refractivity contribution in [2.75, 3.05) is 23.7 Å². The van der Waals surface area contributed by atoms with E-state index >= 15 is 0 Å². The highest BCUT2D eigenvalue weighted by Crippen LogP contribution is 2.22. The van der Waals surface area contributed by atoms with Crippen LogP contribution in [0.15, 0.2) is 48.5 Å². The first-order valence-electron chi connectivity index (χ1n) is 7.11. The highest BCUT2D eigenvalue weighted by molar-refractivity contribution is 5.94. The lowest BCUT2D eigenvalue weighted by Crippen LogP contribution is -2.31. The number of carbonyl (C=O) groups is 1. The van der Waals surface area contributed by atoms with E-state index in [1.165, 1.54) is 11.1 Å². The number of hydrogen-bond donors (Lipinski definition) is 1. The van der Waals surface area contributed by atoms with Crippen molar-refractivity contribution < 1.29 is 4.79 Å². The molecule has 1 saturated heterocycles. The molecule has 3 rings (SSSR count). The van der Waals surface area contributed by atoms with Crippen LogP contribution in [0.4, 0.5) is 16.2 Å². The second-order valence-electron chi connectivity index (χ2n) is 5.44. The van der Waals surface area contributed by atoms with Gasteiger partial charge in [-0.25, -0.2) is 4.79 Å². The van der Waals surface area contributed by atoms with Crippen LogP contribution in [0.25, 0.3) is 0 Å². The van der Waals surface area contributed by atoms with Gasteiger partial charge in [0.1, 0.15) is 0 Å². The fourth-order valence-electron chi connectivity index (χ4n) is 2.65. The van der Waals surface area contributed by atoms with Crippen LogP contribution in [0.2, 0.25) is 0 Å². The molecule has 108 valence electrons. The fraction of sp³-hybridized carbons (Fsp3) is 0.235. The predicted octanol–water partition coefficient (Wildman–Crippen LogP) is 3.02. The Kier molecular flexibility index (Phi) is 3.52. The predicted molar refractivity (Wildman–Crippen MR) is 85.2 cm³/mol. The van der Waals surface area contributed by atoms with Gasteiger partial charge in [0.2, 0.25) is 0 Å². The summed E-state index contributed by atoms with van der Waals surface area (Å²) in [5.74, 6) is 0. The lowest BCUT2D eigenvalue weighted by atomic mass is 10.1. The number of amides is 2. The number of carbonyl (C=O) groups excluding carboxylic acids is 1. The lowest BCUT2D eigenvalue weighted by Gasteiger charge is -2.19. The molecular formula is C17H19N3O. The first-order chi connectivity index (χ1) is 10.1. The van der Waals surface area contributed by atoms with E-state index in [1.54, 1.807) is 4.90 Å². The van der Waals surface area contributed by atoms with E-state index in [1.807, 2.05) is 35.2 Å². The maximum Gasteiger partial charge on any atom is 0.324 e. The summed E-state index contributed by atoms with van der Waals surface area (Å²) in [5, 5.41) is 0. The topological polar surface area (TPSA) is 49.6 Å². The standard InChI is InChI=1S/C17H19N3O/c1-13-3-2-4-14(11-13)12-19-9-10-20(17(19)21)16-7-5-15(18)6-8-16/h2-8,11H,9-10,12,18H2,1H3. The molecule has 0 aromatic heterocycles. The molecule has 2 amide bonds. The maximum atomic E-state index is 12.5. The smallest absolute Gasteiger partial charge is 0.324 e. The Balaban J connectivity index is 1.73. The Morgan fingerprint density at radius 3 is 2.57 bits per heavy atom. The molecule has 0 radical (unpaired) electrons. The molecule has 21 heavy (non-hydrogen) atoms. The van der Waals surface area contributed by atoms with Gasteiger partial charge < -0.3 is 10.6 Å². The van der Waals surface area contributed by atoms with Crippen LogP contribution < -0.4 is 10.6 Å². The van der Waals surface area contributed by atoms with Gasteiger partial charge >= 0.3 is 6.03 Å². The van der Waals surface area contributed by atoms with E-state index in [0.717, 1.165) is 12.2 Å². The van der Waals surface area contributed by atoms with Crippen molar-refractivity contribution in [3.05, 3.63) is 59.7 Å². The summed E-state index contributed by atoms with van der Waals surface area (Å²) >= 11 is 0. The van der Waals surface area contributed by atoms with E-state index < -0.39 is 0 Å². The average Bonchev–Trinajstić information content (AvgIpc) is 2.81. The largest absolute Gasteiger partial charge is 0.399 e. The number of nitrogen functional groups attached to an aromatic ring is 1. The number of urea groups is 1. The number of hydrogen-bond acceptors (Lipinski definition) is 2. The molecule has 1 fully saturated rings. The Morgan fingerprint density at radius 2 is 1.86 bits per heavy atom. The summed E-state index contributed by atoms with van der Waals surface area (Å²) in [5.41, 5.74) is 9.69. The summed E-state index contributed by atoms with van der Waals surface area (Å²) in [6, 6.07) is 15.8. The number of anilines is 2. The molecule has 0 aliphatic carbocycles. The first kappa shape index (κ1) is 13.5. The number of rotatable bonds is 3. The van der Waals surface area contributed by atoms with Gasteiger partial charge in [-0.3, -0.25) is 4.90 Å². The van der Waals surface area contributed by atoms with E-state index in [9.17, 15) is 4.79 Å². The molecular weight excluding hydrogens is 262 g/mol. The minimum atomic E-state index is 0.0567. The van der Waals surface area contributed by atoms with Gasteiger partial charge in [-0.05, 0) is 36.8 Å². The third-order valence-corrected chi connectivity index (χ3v) is 3.76. The number of benzene rings is 2. The SMILES string of the molecule is Cc1cccc(CN2CCN(c3ccc(N)cc3)C2=O)c1. The minimum absolute atomic E-state index is 0.0567. The van der Waals surface area contributed by atoms with Crippen molar-refractivity contribution in [2.45, 2.75) is 13.5 Å². The van der Waals surface area contributed by atoms with Crippen molar-refractivity contribution >= 4 is 17.4 Å². The monoisotopic (exact) mass is 281 g/mol. The third kappa shape index (κ3) is 2.84. The lowest BCUT2D eigenvalue weighted by molar-refractivity contribution is 0.219. The van der Waals surface area contributed by atoms with Crippen LogP contribution in [0.3, 0.4) is 0 Å². The van der Waals surface area contributed by atoms with Crippen molar-refractivity contribution in [3.63, 3.8) is 0 Å². The molecule has 1 heterocycles. The molecule has 2 aromatic carbocycles. The molecule has 2 aromatic rings. The van der Waals surface area contributed by atoms with Crippen LogP contribution in [0.1, 0.15) is 11.1 Å². The molecule has 0 spiro atoms. The fourth-order valence-corrected chi connectivity index (χ4v) is 2.65. The van der Waals surface area contributed by atoms with Crippen molar-refractivity contribution in [3.8, 4) is 0 Å². The molecule has 0 unspecified atom stereocenters. The van der Waals surface area contributed by atoms with Gasteiger partial charge in [-0.2, -0.15) is 0 Å². The quantitative estimate of drug-likeness (QED) is 0.879. The highest BCUT2D eigenvalue weighted by atomic mass is 16.2. The second-order valence-corrected chi connectivity index (χ2v) is 5.44. The molecule has 1 aliphatic heterocycles. The highest BCUT2D eigenvalue weighted by Gasteiger charge is 2.29. The van der Waals surface area contributed by atoms with Gasteiger partial charge in [0.05, 0.1) is 0 Å². The van der Waals surface area contributed by atoms with E-state index in [0.29, 0.717) is 18.8 Å². The normalized spacial score (nSPS) is 14.8. The van der Waals surface area contributed by atoms with E-state index in [-0.39, 0.29) is 6.03 Å². The van der Waals surface area contributed by atoms with Gasteiger partial charge in [-0.1, -0.05) is 29.8 Å². The Bertz CT molecular complexity index is 651. The Hall–Kier alpha value is -2.49. The average molecular weight is 281 g/mol. The number of aryl methyl sites for hydroxylation is 1. The van der Waals surface area contributed by atoms with Gasteiger partial charge in [0.25, 0.3) is 0 Å². The zero-order chi connectivity index (χ0) is 14.8. The maximum absolute atomic E-state index is 12.5. The van der Waals surface area contributed by atoms with Gasteiger partial charge in [0.15, 0.2) is 0 Å². The van der Waals surface area contributed by atoms with E-state index in [4.69, 9.17) is 5.73 Å². The summed E-state index contributed by atoms with van der Waals surface area (Å²) in [6.07, 6.45) is 0. The van der Waals surface area contributed by atoms with Crippen LogP contribution in [-0.4, -0.2) is 24.0 Å². The summed E-state index contributed by atoms with van der Waals surface area (Å²) in [6.45, 7) is 4.19. The van der Waals surface area contributed by atoms with Crippen molar-refractivity contribution in [2.24, 2.45) is 0 Å². The molecule has 0 atom stereocenters. The molecule has 0 bridgehead atoms. The number of nitrogens with two attached hydrogens (primary N) is 1. The second kappa shape index (κ2) is 5.48. The minimum Gasteiger partial charge on any atom is -0.399 e. The zero-order valence-corrected chi connectivity index (χ0v) is 12.1. The van der Waals surface area contributed by atoms with Crippen LogP contribution >= 0.6 is 0 Å². The molecule has 2 N–H and O–H groups in total. The van der Waals surface area contributed by atoms with Gasteiger partial charge in [-0.15, -0.1) is 0 Å². The van der Waals surface area contributed by atoms with E-state index in [2.05, 4.69) is 25.1 Å². The van der Waals surface area contributed by atoms with Crippen molar-refractivity contribution in [1.82, 2.24) is 4.90 Å².